The van der Waals surface area contributed by atoms with Crippen molar-refractivity contribution < 1.29 is 4.79 Å². The van der Waals surface area contributed by atoms with Crippen molar-refractivity contribution in [3.8, 4) is 0 Å². The van der Waals surface area contributed by atoms with E-state index in [1.165, 1.54) is 11.1 Å². The summed E-state index contributed by atoms with van der Waals surface area (Å²) in [4.78, 5) is 12.6. The second-order valence-corrected chi connectivity index (χ2v) is 6.31. The number of benzene rings is 3. The van der Waals surface area contributed by atoms with Crippen molar-refractivity contribution in [1.82, 2.24) is 5.32 Å². The van der Waals surface area contributed by atoms with Crippen molar-refractivity contribution in [2.24, 2.45) is 0 Å². The molecular weight excluding hydrogens is 306 g/mol. The molecule has 3 aromatic rings. The van der Waals surface area contributed by atoms with Gasteiger partial charge in [0.25, 0.3) is 5.91 Å². The zero-order valence-electron chi connectivity index (χ0n) is 14.5. The summed E-state index contributed by atoms with van der Waals surface area (Å²) in [5, 5.41) is 3.04. The molecule has 25 heavy (non-hydrogen) atoms. The lowest BCUT2D eigenvalue weighted by Crippen LogP contribution is -2.24. The molecule has 2 nitrogen and oxygen atoms in total. The molecule has 2 heteroatoms. The van der Waals surface area contributed by atoms with Gasteiger partial charge < -0.3 is 5.32 Å². The molecule has 1 N–H and O–H groups in total. The molecule has 0 saturated carbocycles. The third-order valence-corrected chi connectivity index (χ3v) is 4.32. The molecule has 3 rings (SSSR count). The zero-order chi connectivity index (χ0) is 17.5. The number of amides is 1. The molecule has 0 heterocycles. The molecule has 0 bridgehead atoms. The number of aryl methyl sites for hydroxylation is 3. The highest BCUT2D eigenvalue weighted by Gasteiger charge is 2.10. The van der Waals surface area contributed by atoms with Gasteiger partial charge in [-0.05, 0) is 42.5 Å². The summed E-state index contributed by atoms with van der Waals surface area (Å²) in [6.45, 7) is 2.61. The molecule has 0 spiro atoms. The molecule has 1 amide bonds. The van der Waals surface area contributed by atoms with Crippen LogP contribution in [-0.4, -0.2) is 5.91 Å². The van der Waals surface area contributed by atoms with Crippen molar-refractivity contribution >= 4 is 5.91 Å². The SMILES string of the molecule is Cc1cccc(CNC(=O)c2ccccc2CCc2ccccc2)c1. The van der Waals surface area contributed by atoms with E-state index in [-0.39, 0.29) is 5.91 Å². The number of carbonyl (C=O) groups is 1. The minimum Gasteiger partial charge on any atom is -0.348 e. The van der Waals surface area contributed by atoms with Gasteiger partial charge in [-0.2, -0.15) is 0 Å². The van der Waals surface area contributed by atoms with Gasteiger partial charge in [-0.25, -0.2) is 0 Å². The molecule has 0 aliphatic carbocycles. The van der Waals surface area contributed by atoms with Gasteiger partial charge in [0.2, 0.25) is 0 Å². The minimum absolute atomic E-state index is 0.00910. The summed E-state index contributed by atoms with van der Waals surface area (Å²) in [6.07, 6.45) is 1.79. The molecule has 0 fully saturated rings. The molecule has 0 radical (unpaired) electrons. The first-order valence-electron chi connectivity index (χ1n) is 8.68. The smallest absolute Gasteiger partial charge is 0.251 e. The van der Waals surface area contributed by atoms with E-state index in [0.717, 1.165) is 29.5 Å². The number of hydrogen-bond acceptors (Lipinski definition) is 1. The number of hydrogen-bond donors (Lipinski definition) is 1. The van der Waals surface area contributed by atoms with Crippen LogP contribution in [0, 0.1) is 6.92 Å². The second kappa shape index (κ2) is 8.29. The average molecular weight is 329 g/mol. The van der Waals surface area contributed by atoms with E-state index in [1.54, 1.807) is 0 Å². The predicted molar refractivity (Wildman–Crippen MR) is 103 cm³/mol. The summed E-state index contributed by atoms with van der Waals surface area (Å²) in [7, 11) is 0. The maximum absolute atomic E-state index is 12.6. The fourth-order valence-corrected chi connectivity index (χ4v) is 2.98. The van der Waals surface area contributed by atoms with Crippen LogP contribution in [0.1, 0.15) is 32.6 Å². The van der Waals surface area contributed by atoms with Crippen molar-refractivity contribution in [3.05, 3.63) is 107 Å². The monoisotopic (exact) mass is 329 g/mol. The Hall–Kier alpha value is -2.87. The lowest BCUT2D eigenvalue weighted by atomic mass is 9.99. The maximum atomic E-state index is 12.6. The average Bonchev–Trinajstić information content (AvgIpc) is 2.65. The Balaban J connectivity index is 1.66. The van der Waals surface area contributed by atoms with Crippen molar-refractivity contribution in [1.29, 1.82) is 0 Å². The zero-order valence-corrected chi connectivity index (χ0v) is 14.5. The first-order chi connectivity index (χ1) is 12.2. The third-order valence-electron chi connectivity index (χ3n) is 4.32. The molecule has 0 aromatic heterocycles. The van der Waals surface area contributed by atoms with Crippen molar-refractivity contribution in [3.63, 3.8) is 0 Å². The molecule has 126 valence electrons. The number of carbonyl (C=O) groups excluding carboxylic acids is 1. The van der Waals surface area contributed by atoms with E-state index >= 15 is 0 Å². The third kappa shape index (κ3) is 4.80. The summed E-state index contributed by atoms with van der Waals surface area (Å²) in [5.41, 5.74) is 5.47. The van der Waals surface area contributed by atoms with E-state index in [9.17, 15) is 4.79 Å². The minimum atomic E-state index is -0.00910. The Morgan fingerprint density at radius 2 is 1.52 bits per heavy atom. The first kappa shape index (κ1) is 17.0. The van der Waals surface area contributed by atoms with Gasteiger partial charge in [-0.3, -0.25) is 4.79 Å². The Kier molecular flexibility index (Phi) is 5.63. The largest absolute Gasteiger partial charge is 0.348 e. The van der Waals surface area contributed by atoms with E-state index in [2.05, 4.69) is 48.6 Å². The Bertz CT molecular complexity index is 839. The van der Waals surface area contributed by atoms with Crippen LogP contribution in [0.25, 0.3) is 0 Å². The molecule has 3 aromatic carbocycles. The highest BCUT2D eigenvalue weighted by molar-refractivity contribution is 5.95. The Morgan fingerprint density at radius 3 is 2.32 bits per heavy atom. The van der Waals surface area contributed by atoms with Crippen LogP contribution in [0.3, 0.4) is 0 Å². The van der Waals surface area contributed by atoms with E-state index in [4.69, 9.17) is 0 Å². The molecule has 0 aliphatic rings. The maximum Gasteiger partial charge on any atom is 0.251 e. The van der Waals surface area contributed by atoms with Crippen LogP contribution < -0.4 is 5.32 Å². The van der Waals surface area contributed by atoms with Crippen LogP contribution >= 0.6 is 0 Å². The lowest BCUT2D eigenvalue weighted by molar-refractivity contribution is 0.0950. The van der Waals surface area contributed by atoms with Crippen molar-refractivity contribution in [2.75, 3.05) is 0 Å². The quantitative estimate of drug-likeness (QED) is 0.697. The van der Waals surface area contributed by atoms with Gasteiger partial charge in [0, 0.05) is 12.1 Å². The molecule has 0 atom stereocenters. The summed E-state index contributed by atoms with van der Waals surface area (Å²) < 4.78 is 0. The highest BCUT2D eigenvalue weighted by atomic mass is 16.1. The van der Waals surface area contributed by atoms with Crippen molar-refractivity contribution in [2.45, 2.75) is 26.3 Å². The molecule has 0 aliphatic heterocycles. The van der Waals surface area contributed by atoms with E-state index in [1.807, 2.05) is 42.5 Å². The van der Waals surface area contributed by atoms with E-state index in [0.29, 0.717) is 6.54 Å². The van der Waals surface area contributed by atoms with Gasteiger partial charge >= 0.3 is 0 Å². The Morgan fingerprint density at radius 1 is 0.800 bits per heavy atom. The predicted octanol–water partition coefficient (Wildman–Crippen LogP) is 4.71. The van der Waals surface area contributed by atoms with Crippen LogP contribution in [-0.2, 0) is 19.4 Å². The fourth-order valence-electron chi connectivity index (χ4n) is 2.98. The van der Waals surface area contributed by atoms with E-state index < -0.39 is 0 Å². The van der Waals surface area contributed by atoms with Gasteiger partial charge in [-0.1, -0.05) is 78.4 Å². The fraction of sp³-hybridized carbons (Fsp3) is 0.174. The molecule has 0 saturated heterocycles. The topological polar surface area (TPSA) is 29.1 Å². The highest BCUT2D eigenvalue weighted by Crippen LogP contribution is 2.13. The van der Waals surface area contributed by atoms with Crippen LogP contribution in [0.4, 0.5) is 0 Å². The van der Waals surface area contributed by atoms with Crippen LogP contribution in [0.2, 0.25) is 0 Å². The Labute approximate surface area is 149 Å². The van der Waals surface area contributed by atoms with Gasteiger partial charge in [0.15, 0.2) is 0 Å². The summed E-state index contributed by atoms with van der Waals surface area (Å²) in [5.74, 6) is -0.00910. The summed E-state index contributed by atoms with van der Waals surface area (Å²) in [6, 6.07) is 26.5. The van der Waals surface area contributed by atoms with Gasteiger partial charge in [0.1, 0.15) is 0 Å². The lowest BCUT2D eigenvalue weighted by Gasteiger charge is -2.11. The normalized spacial score (nSPS) is 10.4. The molecule has 0 unspecified atom stereocenters. The summed E-state index contributed by atoms with van der Waals surface area (Å²) >= 11 is 0. The second-order valence-electron chi connectivity index (χ2n) is 6.31. The molecular formula is C23H23NO. The van der Waals surface area contributed by atoms with Crippen LogP contribution in [0.5, 0.6) is 0 Å². The number of rotatable bonds is 6. The first-order valence-corrected chi connectivity index (χ1v) is 8.68. The van der Waals surface area contributed by atoms with Gasteiger partial charge in [0.05, 0.1) is 0 Å². The standard InChI is InChI=1S/C23H23NO/c1-18-8-7-11-20(16-18)17-24-23(25)22-13-6-5-12-21(22)15-14-19-9-3-2-4-10-19/h2-13,16H,14-15,17H2,1H3,(H,24,25). The number of nitrogens with one attached hydrogen (secondary N) is 1. The van der Waals surface area contributed by atoms with Gasteiger partial charge in [-0.15, -0.1) is 0 Å². The van der Waals surface area contributed by atoms with Crippen LogP contribution in [0.15, 0.2) is 78.9 Å².